The van der Waals surface area contributed by atoms with Gasteiger partial charge in [-0.2, -0.15) is 0 Å². The standard InChI is InChI=1S/C18H16ClN3O3S/c1-12(23)20-15-3-2-4-16(9-15)24-10-17-21-22-18(25-17)26-11-13-5-7-14(19)8-6-13/h2-9H,10-11H2,1H3,(H,20,23). The molecule has 0 bridgehead atoms. The fourth-order valence-electron chi connectivity index (χ4n) is 2.09. The number of thioether (sulfide) groups is 1. The van der Waals surface area contributed by atoms with Crippen molar-refractivity contribution < 1.29 is 13.9 Å². The van der Waals surface area contributed by atoms with Crippen LogP contribution in [0.15, 0.2) is 58.2 Å². The van der Waals surface area contributed by atoms with Crippen LogP contribution in [0.1, 0.15) is 18.4 Å². The van der Waals surface area contributed by atoms with Gasteiger partial charge < -0.3 is 14.5 Å². The molecule has 1 heterocycles. The van der Waals surface area contributed by atoms with Gasteiger partial charge in [0.15, 0.2) is 6.61 Å². The van der Waals surface area contributed by atoms with Gasteiger partial charge in [0.1, 0.15) is 5.75 Å². The Kier molecular flexibility index (Phi) is 6.14. The van der Waals surface area contributed by atoms with Gasteiger partial charge in [-0.05, 0) is 29.8 Å². The average Bonchev–Trinajstić information content (AvgIpc) is 3.07. The Bertz CT molecular complexity index is 883. The summed E-state index contributed by atoms with van der Waals surface area (Å²) in [6.07, 6.45) is 0. The van der Waals surface area contributed by atoms with Gasteiger partial charge in [-0.25, -0.2) is 0 Å². The number of ether oxygens (including phenoxy) is 1. The van der Waals surface area contributed by atoms with Crippen molar-refractivity contribution >= 4 is 35.0 Å². The highest BCUT2D eigenvalue weighted by Gasteiger charge is 2.08. The molecule has 0 atom stereocenters. The SMILES string of the molecule is CC(=O)Nc1cccc(OCc2nnc(SCc3ccc(Cl)cc3)o2)c1. The highest BCUT2D eigenvalue weighted by Crippen LogP contribution is 2.23. The summed E-state index contributed by atoms with van der Waals surface area (Å²) in [6.45, 7) is 1.60. The van der Waals surface area contributed by atoms with Crippen molar-refractivity contribution in [1.29, 1.82) is 0 Å². The number of anilines is 1. The third kappa shape index (κ3) is 5.50. The molecule has 26 heavy (non-hydrogen) atoms. The van der Waals surface area contributed by atoms with E-state index < -0.39 is 0 Å². The number of nitrogens with one attached hydrogen (secondary N) is 1. The maximum atomic E-state index is 11.1. The van der Waals surface area contributed by atoms with E-state index in [9.17, 15) is 4.79 Å². The van der Waals surface area contributed by atoms with Crippen molar-refractivity contribution in [1.82, 2.24) is 10.2 Å². The number of hydrogen-bond acceptors (Lipinski definition) is 6. The summed E-state index contributed by atoms with van der Waals surface area (Å²) < 4.78 is 11.2. The molecule has 6 nitrogen and oxygen atoms in total. The molecule has 8 heteroatoms. The van der Waals surface area contributed by atoms with Crippen LogP contribution in [0.3, 0.4) is 0 Å². The first-order chi connectivity index (χ1) is 12.6. The maximum Gasteiger partial charge on any atom is 0.277 e. The Morgan fingerprint density at radius 3 is 2.81 bits per heavy atom. The lowest BCUT2D eigenvalue weighted by Gasteiger charge is -2.06. The summed E-state index contributed by atoms with van der Waals surface area (Å²) in [6, 6.07) is 14.7. The van der Waals surface area contributed by atoms with Gasteiger partial charge in [-0.1, -0.05) is 41.6 Å². The first-order valence-electron chi connectivity index (χ1n) is 7.78. The van der Waals surface area contributed by atoms with Crippen LogP contribution in [0.25, 0.3) is 0 Å². The normalized spacial score (nSPS) is 10.5. The summed E-state index contributed by atoms with van der Waals surface area (Å²) >= 11 is 7.31. The van der Waals surface area contributed by atoms with Gasteiger partial charge in [0, 0.05) is 29.5 Å². The minimum Gasteiger partial charge on any atom is -0.484 e. The topological polar surface area (TPSA) is 77.2 Å². The molecule has 1 amide bonds. The molecule has 0 aliphatic heterocycles. The molecule has 0 aliphatic rings. The molecule has 134 valence electrons. The van der Waals surface area contributed by atoms with Gasteiger partial charge in [-0.3, -0.25) is 4.79 Å². The van der Waals surface area contributed by atoms with E-state index in [2.05, 4.69) is 15.5 Å². The number of nitrogens with zero attached hydrogens (tertiary/aromatic N) is 2. The molecule has 0 spiro atoms. The smallest absolute Gasteiger partial charge is 0.277 e. The van der Waals surface area contributed by atoms with Crippen molar-refractivity contribution in [3.05, 3.63) is 65.0 Å². The lowest BCUT2D eigenvalue weighted by atomic mass is 10.2. The zero-order valence-electron chi connectivity index (χ0n) is 13.9. The molecule has 3 aromatic rings. The third-order valence-electron chi connectivity index (χ3n) is 3.24. The Labute approximate surface area is 159 Å². The van der Waals surface area contributed by atoms with E-state index in [0.717, 1.165) is 5.56 Å². The highest BCUT2D eigenvalue weighted by atomic mass is 35.5. The maximum absolute atomic E-state index is 11.1. The third-order valence-corrected chi connectivity index (χ3v) is 4.38. The van der Waals surface area contributed by atoms with Gasteiger partial charge in [0.2, 0.25) is 5.91 Å². The number of carbonyl (C=O) groups excluding carboxylic acids is 1. The zero-order valence-corrected chi connectivity index (χ0v) is 15.5. The molecule has 1 aromatic heterocycles. The molecule has 0 fully saturated rings. The minimum absolute atomic E-state index is 0.138. The van der Waals surface area contributed by atoms with Crippen LogP contribution in [0.5, 0.6) is 5.75 Å². The van der Waals surface area contributed by atoms with Gasteiger partial charge >= 0.3 is 0 Å². The summed E-state index contributed by atoms with van der Waals surface area (Å²) in [5, 5.41) is 11.9. The van der Waals surface area contributed by atoms with Gasteiger partial charge in [0.05, 0.1) is 0 Å². The Balaban J connectivity index is 1.52. The molecule has 1 N–H and O–H groups in total. The fraction of sp³-hybridized carbons (Fsp3) is 0.167. The average molecular weight is 390 g/mol. The van der Waals surface area contributed by atoms with Crippen LogP contribution in [-0.2, 0) is 17.2 Å². The van der Waals surface area contributed by atoms with E-state index in [-0.39, 0.29) is 12.5 Å². The van der Waals surface area contributed by atoms with Crippen LogP contribution in [-0.4, -0.2) is 16.1 Å². The molecular formula is C18H16ClN3O3S. The van der Waals surface area contributed by atoms with Crippen molar-refractivity contribution in [2.75, 3.05) is 5.32 Å². The number of amides is 1. The fourth-order valence-corrected chi connectivity index (χ4v) is 2.95. The lowest BCUT2D eigenvalue weighted by molar-refractivity contribution is -0.114. The van der Waals surface area contributed by atoms with Crippen LogP contribution < -0.4 is 10.1 Å². The predicted octanol–water partition coefficient (Wildman–Crippen LogP) is 4.55. The minimum atomic E-state index is -0.138. The van der Waals surface area contributed by atoms with E-state index in [1.807, 2.05) is 24.3 Å². The molecule has 0 aliphatic carbocycles. The van der Waals surface area contributed by atoms with Crippen LogP contribution >= 0.6 is 23.4 Å². The first kappa shape index (κ1) is 18.3. The van der Waals surface area contributed by atoms with Crippen molar-refractivity contribution in [2.45, 2.75) is 24.5 Å². The summed E-state index contributed by atoms with van der Waals surface area (Å²) in [5.41, 5.74) is 1.78. The predicted molar refractivity (Wildman–Crippen MR) is 100 cm³/mol. The Morgan fingerprint density at radius 2 is 2.04 bits per heavy atom. The van der Waals surface area contributed by atoms with Gasteiger partial charge in [-0.15, -0.1) is 10.2 Å². The quantitative estimate of drug-likeness (QED) is 0.597. The second-order valence-corrected chi connectivity index (χ2v) is 6.74. The van der Waals surface area contributed by atoms with E-state index >= 15 is 0 Å². The molecule has 0 unspecified atom stereocenters. The lowest BCUT2D eigenvalue weighted by Crippen LogP contribution is -2.05. The second kappa shape index (κ2) is 8.73. The summed E-state index contributed by atoms with van der Waals surface area (Å²) in [5.74, 6) is 1.55. The number of carbonyl (C=O) groups is 1. The van der Waals surface area contributed by atoms with E-state index in [0.29, 0.717) is 33.3 Å². The Hall–Kier alpha value is -2.51. The first-order valence-corrected chi connectivity index (χ1v) is 9.15. The molecule has 0 radical (unpaired) electrons. The number of benzene rings is 2. The number of aromatic nitrogens is 2. The van der Waals surface area contributed by atoms with Crippen molar-refractivity contribution in [3.63, 3.8) is 0 Å². The Morgan fingerprint density at radius 1 is 1.23 bits per heavy atom. The number of rotatable bonds is 7. The van der Waals surface area contributed by atoms with E-state index in [4.69, 9.17) is 20.8 Å². The summed E-state index contributed by atoms with van der Waals surface area (Å²) in [7, 11) is 0. The van der Waals surface area contributed by atoms with E-state index in [1.165, 1.54) is 18.7 Å². The van der Waals surface area contributed by atoms with E-state index in [1.54, 1.807) is 24.3 Å². The summed E-state index contributed by atoms with van der Waals surface area (Å²) in [4.78, 5) is 11.1. The molecule has 2 aromatic carbocycles. The van der Waals surface area contributed by atoms with Crippen LogP contribution in [0.4, 0.5) is 5.69 Å². The van der Waals surface area contributed by atoms with Crippen molar-refractivity contribution in [3.8, 4) is 5.75 Å². The molecular weight excluding hydrogens is 374 g/mol. The second-order valence-electron chi connectivity index (χ2n) is 5.37. The molecule has 3 rings (SSSR count). The van der Waals surface area contributed by atoms with Crippen LogP contribution in [0.2, 0.25) is 5.02 Å². The number of hydrogen-bond donors (Lipinski definition) is 1. The monoisotopic (exact) mass is 389 g/mol. The van der Waals surface area contributed by atoms with Crippen LogP contribution in [0, 0.1) is 0 Å². The molecule has 0 saturated carbocycles. The number of halogens is 1. The highest BCUT2D eigenvalue weighted by molar-refractivity contribution is 7.98. The van der Waals surface area contributed by atoms with Crippen molar-refractivity contribution in [2.24, 2.45) is 0 Å². The largest absolute Gasteiger partial charge is 0.484 e. The van der Waals surface area contributed by atoms with Gasteiger partial charge in [0.25, 0.3) is 11.1 Å². The molecule has 0 saturated heterocycles. The zero-order chi connectivity index (χ0) is 18.4.